The molecule has 1 aromatic carbocycles. The first-order chi connectivity index (χ1) is 16.1. The number of halogens is 17. The lowest BCUT2D eigenvalue weighted by molar-refractivity contribution is -0.458. The van der Waals surface area contributed by atoms with Gasteiger partial charge in [-0.2, -0.15) is 83.1 Å². The van der Waals surface area contributed by atoms with Crippen LogP contribution in [0.3, 0.4) is 0 Å². The number of benzene rings is 1. The molecule has 5 nitrogen and oxygen atoms in total. The predicted octanol–water partition coefficient (Wildman–Crippen LogP) is 5.58. The van der Waals surface area contributed by atoms with E-state index >= 15 is 0 Å². The summed E-state index contributed by atoms with van der Waals surface area (Å²) in [6.45, 7) is 0. The predicted molar refractivity (Wildman–Crippen MR) is 82.5 cm³/mol. The SMILES string of the molecule is O=S(=O)(n1nnc2ccccc21)C(F)(F)C(F)(F)C(F)(F)C(F)(F)C(F)(F)C(F)(F)C(F)(F)C(F)(F)F. The molecule has 0 fully saturated rings. The van der Waals surface area contributed by atoms with Crippen molar-refractivity contribution in [3.05, 3.63) is 24.3 Å². The zero-order valence-corrected chi connectivity index (χ0v) is 17.1. The summed E-state index contributed by atoms with van der Waals surface area (Å²) in [5.74, 6) is -52.0. The fourth-order valence-electron chi connectivity index (χ4n) is 2.45. The van der Waals surface area contributed by atoms with Crippen LogP contribution in [0.15, 0.2) is 24.3 Å². The molecule has 0 aliphatic carbocycles. The zero-order chi connectivity index (χ0) is 29.5. The average Bonchev–Trinajstić information content (AvgIpc) is 3.16. The topological polar surface area (TPSA) is 64.8 Å². The van der Waals surface area contributed by atoms with Crippen LogP contribution in [0.5, 0.6) is 0 Å². The van der Waals surface area contributed by atoms with E-state index in [1.165, 1.54) is 0 Å². The highest BCUT2D eigenvalue weighted by atomic mass is 32.2. The number of fused-ring (bicyclic) bond motifs is 1. The molecule has 0 aliphatic rings. The summed E-state index contributed by atoms with van der Waals surface area (Å²) in [6.07, 6.45) is -7.89. The maximum absolute atomic E-state index is 14.2. The van der Waals surface area contributed by atoms with Crippen LogP contribution in [-0.2, 0) is 10.0 Å². The van der Waals surface area contributed by atoms with Gasteiger partial charge >= 0.3 is 57.0 Å². The molecule has 0 bridgehead atoms. The molecule has 2 aromatic rings. The van der Waals surface area contributed by atoms with Crippen molar-refractivity contribution in [3.63, 3.8) is 0 Å². The van der Waals surface area contributed by atoms with Gasteiger partial charge in [-0.15, -0.1) is 9.19 Å². The van der Waals surface area contributed by atoms with Crippen molar-refractivity contribution in [1.82, 2.24) is 14.4 Å². The monoisotopic (exact) mass is 601 g/mol. The fourth-order valence-corrected chi connectivity index (χ4v) is 3.66. The Kier molecular flexibility index (Phi) is 6.57. The summed E-state index contributed by atoms with van der Waals surface area (Å²) in [5.41, 5.74) is -1.97. The first-order valence-corrected chi connectivity index (χ1v) is 9.80. The highest BCUT2D eigenvalue weighted by Crippen LogP contribution is 2.64. The Morgan fingerprint density at radius 1 is 0.568 bits per heavy atom. The number of rotatable bonds is 8. The molecule has 0 amide bonds. The molecule has 2 rings (SSSR count). The molecule has 212 valence electrons. The van der Waals surface area contributed by atoms with Gasteiger partial charge in [0, 0.05) is 0 Å². The Morgan fingerprint density at radius 2 is 0.946 bits per heavy atom. The van der Waals surface area contributed by atoms with Crippen LogP contribution in [-0.4, -0.2) is 69.8 Å². The fraction of sp³-hybridized carbons (Fsp3) is 0.571. The van der Waals surface area contributed by atoms with Crippen LogP contribution < -0.4 is 0 Å². The van der Waals surface area contributed by atoms with Crippen molar-refractivity contribution in [2.24, 2.45) is 0 Å². The van der Waals surface area contributed by atoms with Crippen molar-refractivity contribution < 1.29 is 83.1 Å². The third kappa shape index (κ3) is 3.61. The summed E-state index contributed by atoms with van der Waals surface area (Å²) in [7, 11) is -7.57. The van der Waals surface area contributed by atoms with Gasteiger partial charge in [-0.25, -0.2) is 0 Å². The van der Waals surface area contributed by atoms with Gasteiger partial charge in [-0.3, -0.25) is 0 Å². The Hall–Kier alpha value is -2.62. The smallest absolute Gasteiger partial charge is 0.198 e. The lowest BCUT2D eigenvalue weighted by Gasteiger charge is -2.42. The van der Waals surface area contributed by atoms with Crippen LogP contribution >= 0.6 is 0 Å². The van der Waals surface area contributed by atoms with Gasteiger partial charge in [0.05, 0.1) is 0 Å². The second kappa shape index (κ2) is 7.94. The van der Waals surface area contributed by atoms with E-state index in [2.05, 4.69) is 10.3 Å². The average molecular weight is 601 g/mol. The Morgan fingerprint density at radius 3 is 1.38 bits per heavy atom. The van der Waals surface area contributed by atoms with E-state index in [4.69, 9.17) is 0 Å². The summed E-state index contributed by atoms with van der Waals surface area (Å²) in [5, 5.41) is -2.50. The standard InChI is InChI=1S/C14H4F17N3O2S/c15-7(16,9(19,20)11(23,24)13(27,28)29)8(17,18)10(21,22)12(25,26)14(30,31)37(35,36)34-6-4-2-1-3-5(6)32-33-34/h1-4H. The Bertz CT molecular complexity index is 1280. The second-order valence-electron chi connectivity index (χ2n) is 6.89. The van der Waals surface area contributed by atoms with E-state index in [1.807, 2.05) is 0 Å². The first-order valence-electron chi connectivity index (χ1n) is 8.36. The molecule has 0 spiro atoms. The van der Waals surface area contributed by atoms with E-state index in [1.54, 1.807) is 0 Å². The number of nitrogens with zero attached hydrogens (tertiary/aromatic N) is 3. The Labute approximate surface area is 190 Å². The Balaban J connectivity index is 2.74. The lowest BCUT2D eigenvalue weighted by atomic mass is 9.91. The number of para-hydroxylation sites is 1. The quantitative estimate of drug-likeness (QED) is 0.371. The molecule has 0 saturated carbocycles. The minimum atomic E-state index is -8.90. The molecule has 0 aliphatic heterocycles. The minimum absolute atomic E-state index is 0.446. The largest absolute Gasteiger partial charge is 0.460 e. The minimum Gasteiger partial charge on any atom is -0.198 e. The number of alkyl halides is 17. The van der Waals surface area contributed by atoms with Crippen LogP contribution in [0.25, 0.3) is 11.0 Å². The maximum Gasteiger partial charge on any atom is 0.460 e. The number of aromatic nitrogens is 3. The van der Waals surface area contributed by atoms with E-state index < -0.39 is 72.1 Å². The summed E-state index contributed by atoms with van der Waals surface area (Å²) < 4.78 is 249. The third-order valence-electron chi connectivity index (χ3n) is 4.57. The van der Waals surface area contributed by atoms with E-state index in [0.29, 0.717) is 6.07 Å². The van der Waals surface area contributed by atoms with E-state index in [0.717, 1.165) is 18.2 Å². The number of hydrogen-bond donors (Lipinski definition) is 0. The van der Waals surface area contributed by atoms with Crippen LogP contribution in [0.2, 0.25) is 0 Å². The summed E-state index contributed by atoms with van der Waals surface area (Å²) in [6, 6.07) is 2.97. The third-order valence-corrected chi connectivity index (χ3v) is 6.20. The summed E-state index contributed by atoms with van der Waals surface area (Å²) >= 11 is 0. The van der Waals surface area contributed by atoms with Crippen molar-refractivity contribution in [2.45, 2.75) is 47.0 Å². The van der Waals surface area contributed by atoms with Gasteiger partial charge in [0.2, 0.25) is 0 Å². The van der Waals surface area contributed by atoms with E-state index in [9.17, 15) is 83.1 Å². The lowest BCUT2D eigenvalue weighted by Crippen LogP contribution is -2.75. The molecule has 37 heavy (non-hydrogen) atoms. The second-order valence-corrected chi connectivity index (χ2v) is 8.70. The molecule has 1 aromatic heterocycles. The van der Waals surface area contributed by atoms with Crippen molar-refractivity contribution in [2.75, 3.05) is 0 Å². The van der Waals surface area contributed by atoms with Crippen LogP contribution in [0.4, 0.5) is 74.6 Å². The van der Waals surface area contributed by atoms with Crippen molar-refractivity contribution in [1.29, 1.82) is 0 Å². The molecule has 0 radical (unpaired) electrons. The van der Waals surface area contributed by atoms with Gasteiger partial charge in [-0.1, -0.05) is 17.3 Å². The normalized spacial score (nSPS) is 15.9. The van der Waals surface area contributed by atoms with Gasteiger partial charge in [-0.05, 0) is 12.1 Å². The highest BCUT2D eigenvalue weighted by molar-refractivity contribution is 7.91. The first kappa shape index (κ1) is 30.6. The molecule has 0 saturated heterocycles. The van der Waals surface area contributed by atoms with Gasteiger partial charge in [0.15, 0.2) is 0 Å². The molecular formula is C14H4F17N3O2S. The highest BCUT2D eigenvalue weighted by Gasteiger charge is 2.96. The van der Waals surface area contributed by atoms with Crippen LogP contribution in [0.1, 0.15) is 0 Å². The molecule has 0 unspecified atom stereocenters. The molecule has 23 heteroatoms. The van der Waals surface area contributed by atoms with E-state index in [-0.39, 0.29) is 0 Å². The number of hydrogen-bond acceptors (Lipinski definition) is 4. The molecule has 0 atom stereocenters. The maximum atomic E-state index is 14.2. The van der Waals surface area contributed by atoms with Gasteiger partial charge < -0.3 is 0 Å². The summed E-state index contributed by atoms with van der Waals surface area (Å²) in [4.78, 5) is 0. The van der Waals surface area contributed by atoms with Gasteiger partial charge in [0.1, 0.15) is 11.0 Å². The molecule has 0 N–H and O–H groups in total. The van der Waals surface area contributed by atoms with Crippen LogP contribution in [0, 0.1) is 0 Å². The van der Waals surface area contributed by atoms with Crippen molar-refractivity contribution >= 4 is 21.1 Å². The van der Waals surface area contributed by atoms with Crippen molar-refractivity contribution in [3.8, 4) is 0 Å². The molecular weight excluding hydrogens is 597 g/mol. The zero-order valence-electron chi connectivity index (χ0n) is 16.3. The molecule has 1 heterocycles. The van der Waals surface area contributed by atoms with Gasteiger partial charge in [0.25, 0.3) is 0 Å².